The van der Waals surface area contributed by atoms with Gasteiger partial charge in [-0.2, -0.15) is 0 Å². The zero-order valence-corrected chi connectivity index (χ0v) is 11.3. The lowest BCUT2D eigenvalue weighted by Crippen LogP contribution is -2.58. The fraction of sp³-hybridized carbons (Fsp3) is 0.750. The minimum absolute atomic E-state index is 0.0168. The number of urea groups is 1. The molecule has 0 saturated carbocycles. The van der Waals surface area contributed by atoms with Gasteiger partial charge in [-0.25, -0.2) is 9.59 Å². The number of nitrogens with zero attached hydrogens (tertiary/aromatic N) is 1. The standard InChI is InChI=1S/C12H19N3O5/c1-8(16)13-9-2-4-15(6-9)11(19)14-12(10(17)18)3-5-20-7-12/h9H,2-7H2,1H3,(H,13,16)(H,14,19)(H,17,18). The molecular weight excluding hydrogens is 266 g/mol. The molecule has 2 aliphatic heterocycles. The minimum atomic E-state index is -1.33. The first-order valence-electron chi connectivity index (χ1n) is 6.58. The lowest BCUT2D eigenvalue weighted by Gasteiger charge is -2.27. The molecule has 2 fully saturated rings. The molecule has 2 aliphatic rings. The SMILES string of the molecule is CC(=O)NC1CCN(C(=O)NC2(C(=O)O)CCOC2)C1. The van der Waals surface area contributed by atoms with Crippen molar-refractivity contribution >= 4 is 17.9 Å². The highest BCUT2D eigenvalue weighted by Crippen LogP contribution is 2.20. The second-order valence-electron chi connectivity index (χ2n) is 5.25. The van der Waals surface area contributed by atoms with E-state index in [1.165, 1.54) is 11.8 Å². The van der Waals surface area contributed by atoms with Gasteiger partial charge >= 0.3 is 12.0 Å². The zero-order valence-electron chi connectivity index (χ0n) is 11.3. The van der Waals surface area contributed by atoms with E-state index in [0.717, 1.165) is 0 Å². The van der Waals surface area contributed by atoms with Crippen molar-refractivity contribution in [1.29, 1.82) is 0 Å². The molecule has 8 heteroatoms. The van der Waals surface area contributed by atoms with Crippen LogP contribution in [0.2, 0.25) is 0 Å². The number of carbonyl (C=O) groups is 3. The summed E-state index contributed by atoms with van der Waals surface area (Å²) in [6, 6.07) is -0.496. The number of carboxylic acid groups (broad SMARTS) is 1. The number of nitrogens with one attached hydrogen (secondary N) is 2. The number of likely N-dealkylation sites (tertiary alicyclic amines) is 1. The van der Waals surface area contributed by atoms with Gasteiger partial charge < -0.3 is 25.4 Å². The third kappa shape index (κ3) is 3.01. The van der Waals surface area contributed by atoms with E-state index in [2.05, 4.69) is 10.6 Å². The first-order chi connectivity index (χ1) is 9.43. The van der Waals surface area contributed by atoms with E-state index in [1.807, 2.05) is 0 Å². The molecule has 0 aromatic heterocycles. The molecule has 8 nitrogen and oxygen atoms in total. The first-order valence-corrected chi connectivity index (χ1v) is 6.58. The number of hydrogen-bond donors (Lipinski definition) is 3. The summed E-state index contributed by atoms with van der Waals surface area (Å²) in [6.45, 7) is 2.62. The van der Waals surface area contributed by atoms with Crippen molar-refractivity contribution in [2.45, 2.75) is 31.3 Å². The van der Waals surface area contributed by atoms with E-state index in [9.17, 15) is 19.5 Å². The maximum Gasteiger partial charge on any atom is 0.332 e. The molecule has 0 aromatic carbocycles. The number of carbonyl (C=O) groups excluding carboxylic acids is 2. The van der Waals surface area contributed by atoms with Crippen molar-refractivity contribution in [3.8, 4) is 0 Å². The number of rotatable bonds is 3. The van der Waals surface area contributed by atoms with Gasteiger partial charge in [0.25, 0.3) is 0 Å². The monoisotopic (exact) mass is 285 g/mol. The summed E-state index contributed by atoms with van der Waals surface area (Å²) in [6.07, 6.45) is 0.931. The van der Waals surface area contributed by atoms with Crippen LogP contribution in [0.4, 0.5) is 4.79 Å². The number of carboxylic acids is 1. The topological polar surface area (TPSA) is 108 Å². The largest absolute Gasteiger partial charge is 0.479 e. The van der Waals surface area contributed by atoms with E-state index in [0.29, 0.717) is 26.1 Å². The van der Waals surface area contributed by atoms with Gasteiger partial charge in [-0.15, -0.1) is 0 Å². The third-order valence-corrected chi connectivity index (χ3v) is 3.66. The Labute approximate surface area is 116 Å². The summed E-state index contributed by atoms with van der Waals surface area (Å²) in [5.41, 5.74) is -1.33. The van der Waals surface area contributed by atoms with Crippen molar-refractivity contribution in [1.82, 2.24) is 15.5 Å². The highest BCUT2D eigenvalue weighted by molar-refractivity contribution is 5.87. The van der Waals surface area contributed by atoms with Gasteiger partial charge in [-0.3, -0.25) is 4.79 Å². The summed E-state index contributed by atoms with van der Waals surface area (Å²) in [4.78, 5) is 35.9. The van der Waals surface area contributed by atoms with Crippen molar-refractivity contribution in [2.24, 2.45) is 0 Å². The summed E-state index contributed by atoms with van der Waals surface area (Å²) in [5.74, 6) is -1.22. The highest BCUT2D eigenvalue weighted by Gasteiger charge is 2.45. The molecule has 0 aliphatic carbocycles. The van der Waals surface area contributed by atoms with Crippen molar-refractivity contribution in [3.63, 3.8) is 0 Å². The quantitative estimate of drug-likeness (QED) is 0.626. The van der Waals surface area contributed by atoms with E-state index in [-0.39, 0.29) is 25.0 Å². The van der Waals surface area contributed by atoms with Crippen LogP contribution in [0.1, 0.15) is 19.8 Å². The summed E-state index contributed by atoms with van der Waals surface area (Å²) in [5, 5.41) is 14.6. The predicted octanol–water partition coefficient (Wildman–Crippen LogP) is -0.850. The first kappa shape index (κ1) is 14.6. The Kier molecular flexibility index (Phi) is 4.12. The maximum atomic E-state index is 12.1. The Bertz CT molecular complexity index is 419. The Morgan fingerprint density at radius 3 is 2.70 bits per heavy atom. The molecule has 3 N–H and O–H groups in total. The van der Waals surface area contributed by atoms with Crippen molar-refractivity contribution in [2.75, 3.05) is 26.3 Å². The van der Waals surface area contributed by atoms with Gasteiger partial charge in [0, 0.05) is 39.1 Å². The Morgan fingerprint density at radius 1 is 1.40 bits per heavy atom. The summed E-state index contributed by atoms with van der Waals surface area (Å²) >= 11 is 0. The molecule has 2 rings (SSSR count). The smallest absolute Gasteiger partial charge is 0.332 e. The van der Waals surface area contributed by atoms with Gasteiger partial charge in [0.1, 0.15) is 0 Å². The lowest BCUT2D eigenvalue weighted by atomic mass is 9.99. The minimum Gasteiger partial charge on any atom is -0.479 e. The fourth-order valence-electron chi connectivity index (χ4n) is 2.52. The number of amides is 3. The predicted molar refractivity (Wildman–Crippen MR) is 68.1 cm³/mol. The molecule has 2 saturated heterocycles. The van der Waals surface area contributed by atoms with Crippen LogP contribution in [-0.2, 0) is 14.3 Å². The van der Waals surface area contributed by atoms with Crippen LogP contribution in [0.3, 0.4) is 0 Å². The Morgan fingerprint density at radius 2 is 2.15 bits per heavy atom. The molecule has 0 bridgehead atoms. The van der Waals surface area contributed by atoms with Crippen LogP contribution in [0.5, 0.6) is 0 Å². The number of hydrogen-bond acceptors (Lipinski definition) is 4. The second-order valence-corrected chi connectivity index (χ2v) is 5.25. The molecule has 3 amide bonds. The van der Waals surface area contributed by atoms with E-state index in [1.54, 1.807) is 0 Å². The average Bonchev–Trinajstić information content (AvgIpc) is 2.98. The maximum absolute atomic E-state index is 12.1. The molecule has 0 radical (unpaired) electrons. The van der Waals surface area contributed by atoms with Crippen LogP contribution in [-0.4, -0.2) is 65.8 Å². The normalized spacial score (nSPS) is 29.2. The summed E-state index contributed by atoms with van der Waals surface area (Å²) < 4.78 is 5.09. The van der Waals surface area contributed by atoms with Gasteiger partial charge in [0.05, 0.1) is 6.61 Å². The molecule has 20 heavy (non-hydrogen) atoms. The molecule has 2 atom stereocenters. The Hall–Kier alpha value is -1.83. The summed E-state index contributed by atoms with van der Waals surface area (Å²) in [7, 11) is 0. The van der Waals surface area contributed by atoms with Crippen molar-refractivity contribution in [3.05, 3.63) is 0 Å². The van der Waals surface area contributed by atoms with E-state index < -0.39 is 17.5 Å². The van der Waals surface area contributed by atoms with Gasteiger partial charge in [0.15, 0.2) is 5.54 Å². The van der Waals surface area contributed by atoms with Crippen LogP contribution >= 0.6 is 0 Å². The van der Waals surface area contributed by atoms with Gasteiger partial charge in [-0.05, 0) is 6.42 Å². The van der Waals surface area contributed by atoms with Crippen LogP contribution in [0, 0.1) is 0 Å². The van der Waals surface area contributed by atoms with Gasteiger partial charge in [0.2, 0.25) is 5.91 Å². The second kappa shape index (κ2) is 5.66. The molecule has 112 valence electrons. The van der Waals surface area contributed by atoms with E-state index in [4.69, 9.17) is 4.74 Å². The number of ether oxygens (including phenoxy) is 1. The molecular formula is C12H19N3O5. The van der Waals surface area contributed by atoms with Crippen LogP contribution in [0.25, 0.3) is 0 Å². The highest BCUT2D eigenvalue weighted by atomic mass is 16.5. The molecule has 0 aromatic rings. The van der Waals surface area contributed by atoms with Crippen molar-refractivity contribution < 1.29 is 24.2 Å². The van der Waals surface area contributed by atoms with Gasteiger partial charge in [-0.1, -0.05) is 0 Å². The molecule has 0 spiro atoms. The average molecular weight is 285 g/mol. The lowest BCUT2D eigenvalue weighted by molar-refractivity contribution is -0.144. The van der Waals surface area contributed by atoms with Crippen LogP contribution in [0.15, 0.2) is 0 Å². The van der Waals surface area contributed by atoms with Crippen LogP contribution < -0.4 is 10.6 Å². The fourth-order valence-corrected chi connectivity index (χ4v) is 2.52. The third-order valence-electron chi connectivity index (χ3n) is 3.66. The zero-order chi connectivity index (χ0) is 14.8. The molecule has 2 heterocycles. The molecule has 2 unspecified atom stereocenters. The van der Waals surface area contributed by atoms with E-state index >= 15 is 0 Å². The Balaban J connectivity index is 1.92. The number of aliphatic carboxylic acids is 1.